The highest BCUT2D eigenvalue weighted by Gasteiger charge is 2.51. The predicted octanol–water partition coefficient (Wildman–Crippen LogP) is 6.46. The third-order valence-electron chi connectivity index (χ3n) is 8.93. The van der Waals surface area contributed by atoms with Crippen molar-refractivity contribution in [2.24, 2.45) is 5.41 Å². The number of unbranched alkanes of at least 4 members (excludes halogenated alkanes) is 7. The van der Waals surface area contributed by atoms with Gasteiger partial charge in [-0.2, -0.15) is 0 Å². The summed E-state index contributed by atoms with van der Waals surface area (Å²) in [6.07, 6.45) is 14.6. The molecule has 0 unspecified atom stereocenters. The van der Waals surface area contributed by atoms with Crippen LogP contribution < -0.4 is 0 Å². The van der Waals surface area contributed by atoms with Crippen molar-refractivity contribution in [2.75, 3.05) is 26.3 Å². The molecule has 1 saturated heterocycles. The third-order valence-corrected chi connectivity index (χ3v) is 8.93. The molecule has 5 rings (SSSR count). The molecular formula is C30H41N3O5. The second-order valence-corrected chi connectivity index (χ2v) is 11.1. The number of para-hydroxylation sites is 1. The summed E-state index contributed by atoms with van der Waals surface area (Å²) in [7, 11) is 0. The van der Waals surface area contributed by atoms with E-state index in [9.17, 15) is 14.9 Å². The zero-order valence-electron chi connectivity index (χ0n) is 22.7. The van der Waals surface area contributed by atoms with Crippen molar-refractivity contribution in [2.45, 2.75) is 90.0 Å². The molecule has 2 aromatic rings. The van der Waals surface area contributed by atoms with Crippen LogP contribution in [0, 0.1) is 15.5 Å². The van der Waals surface area contributed by atoms with Crippen molar-refractivity contribution in [1.82, 2.24) is 9.47 Å². The first kappa shape index (κ1) is 26.7. The number of ether oxygens (including phenoxy) is 1. The number of benzene rings is 1. The normalized spacial score (nSPS) is 22.1. The Bertz CT molecular complexity index is 1190. The highest BCUT2D eigenvalue weighted by Crippen LogP contribution is 2.57. The van der Waals surface area contributed by atoms with E-state index in [0.717, 1.165) is 89.2 Å². The van der Waals surface area contributed by atoms with Crippen LogP contribution in [0.5, 0.6) is 0 Å². The molecule has 206 valence electrons. The molecule has 0 amide bonds. The van der Waals surface area contributed by atoms with Crippen LogP contribution in [-0.4, -0.2) is 46.8 Å². The molecule has 1 aromatic heterocycles. The Morgan fingerprint density at radius 1 is 1.05 bits per heavy atom. The number of aromatic nitrogens is 1. The van der Waals surface area contributed by atoms with Gasteiger partial charge in [-0.3, -0.25) is 4.90 Å². The summed E-state index contributed by atoms with van der Waals surface area (Å²) in [5, 5.41) is 10.7. The van der Waals surface area contributed by atoms with Crippen molar-refractivity contribution in [3.63, 3.8) is 0 Å². The van der Waals surface area contributed by atoms with Crippen LogP contribution in [-0.2, 0) is 20.8 Å². The van der Waals surface area contributed by atoms with Gasteiger partial charge in [-0.1, -0.05) is 63.6 Å². The molecule has 4 heterocycles. The molecule has 1 aromatic carbocycles. The SMILES string of the molecule is CC[C@@]12C=C(C(=O)OCCCCCCCCCCO[N+](=O)[O-])n3c4c(c5ccccc53)CCN(CCC1)[C@H]42. The number of hydrogen-bond donors (Lipinski definition) is 0. The number of esters is 1. The third kappa shape index (κ3) is 5.20. The van der Waals surface area contributed by atoms with Crippen molar-refractivity contribution in [3.05, 3.63) is 51.7 Å². The van der Waals surface area contributed by atoms with E-state index in [1.807, 2.05) is 0 Å². The second-order valence-electron chi connectivity index (χ2n) is 11.1. The molecule has 0 aliphatic carbocycles. The van der Waals surface area contributed by atoms with E-state index < -0.39 is 5.09 Å². The molecule has 2 atom stereocenters. The first-order valence-electron chi connectivity index (χ1n) is 14.6. The number of carbonyl (C=O) groups is 1. The van der Waals surface area contributed by atoms with Crippen molar-refractivity contribution in [3.8, 4) is 0 Å². The molecule has 8 heteroatoms. The highest BCUT2D eigenvalue weighted by atomic mass is 16.9. The lowest BCUT2D eigenvalue weighted by atomic mass is 9.66. The van der Waals surface area contributed by atoms with Gasteiger partial charge in [0.15, 0.2) is 0 Å². The van der Waals surface area contributed by atoms with Crippen LogP contribution in [0.1, 0.15) is 94.9 Å². The van der Waals surface area contributed by atoms with Gasteiger partial charge in [-0.25, -0.2) is 4.79 Å². The number of hydrogen-bond acceptors (Lipinski definition) is 6. The van der Waals surface area contributed by atoms with Crippen LogP contribution in [0.25, 0.3) is 16.6 Å². The molecule has 0 bridgehead atoms. The maximum atomic E-state index is 13.6. The summed E-state index contributed by atoms with van der Waals surface area (Å²) < 4.78 is 8.13. The molecule has 0 spiro atoms. The Balaban J connectivity index is 1.18. The zero-order valence-corrected chi connectivity index (χ0v) is 22.7. The van der Waals surface area contributed by atoms with E-state index >= 15 is 0 Å². The average Bonchev–Trinajstić information content (AvgIpc) is 3.27. The number of nitrogens with zero attached hydrogens (tertiary/aromatic N) is 3. The molecule has 1 fully saturated rings. The van der Waals surface area contributed by atoms with E-state index in [-0.39, 0.29) is 18.0 Å². The fourth-order valence-electron chi connectivity index (χ4n) is 7.07. The summed E-state index contributed by atoms with van der Waals surface area (Å²) >= 11 is 0. The van der Waals surface area contributed by atoms with E-state index in [1.54, 1.807) is 0 Å². The van der Waals surface area contributed by atoms with Crippen LogP contribution in [0.2, 0.25) is 0 Å². The first-order valence-corrected chi connectivity index (χ1v) is 14.6. The lowest BCUT2D eigenvalue weighted by molar-refractivity contribution is -0.757. The second kappa shape index (κ2) is 11.9. The van der Waals surface area contributed by atoms with Crippen LogP contribution in [0.3, 0.4) is 0 Å². The maximum Gasteiger partial charge on any atom is 0.355 e. The minimum Gasteiger partial charge on any atom is -0.461 e. The smallest absolute Gasteiger partial charge is 0.355 e. The summed E-state index contributed by atoms with van der Waals surface area (Å²) in [5.74, 6) is -0.195. The Labute approximate surface area is 225 Å². The van der Waals surface area contributed by atoms with Crippen LogP contribution in [0.4, 0.5) is 0 Å². The summed E-state index contributed by atoms with van der Waals surface area (Å²) in [6, 6.07) is 8.88. The summed E-state index contributed by atoms with van der Waals surface area (Å²) in [5.41, 5.74) is 4.58. The molecule has 3 aliphatic heterocycles. The number of rotatable bonds is 14. The molecule has 3 aliphatic rings. The van der Waals surface area contributed by atoms with Gasteiger partial charge >= 0.3 is 5.97 Å². The Morgan fingerprint density at radius 2 is 1.76 bits per heavy atom. The van der Waals surface area contributed by atoms with E-state index in [2.05, 4.69) is 51.6 Å². The summed E-state index contributed by atoms with van der Waals surface area (Å²) in [4.78, 5) is 30.7. The standard InChI is InChI=1S/C30H41N3O5/c1-2-30-17-13-18-31-19-16-24-23-14-9-10-15-25(23)32(27(24)28(30)31)26(22-30)29(34)37-20-11-7-5-3-4-6-8-12-21-38-33(35)36/h9-10,14-15,22,28H,2-8,11-13,16-21H2,1H3/t28-,30+/m1/s1. The molecule has 38 heavy (non-hydrogen) atoms. The topological polar surface area (TPSA) is 86.8 Å². The van der Waals surface area contributed by atoms with Gasteiger partial charge in [0, 0.05) is 23.0 Å². The molecule has 8 nitrogen and oxygen atoms in total. The molecule has 0 saturated carbocycles. The van der Waals surface area contributed by atoms with Gasteiger partial charge in [0.1, 0.15) is 5.70 Å². The van der Waals surface area contributed by atoms with Crippen LogP contribution >= 0.6 is 0 Å². The first-order chi connectivity index (χ1) is 18.6. The van der Waals surface area contributed by atoms with Gasteiger partial charge in [0.25, 0.3) is 5.09 Å². The zero-order chi connectivity index (χ0) is 26.5. The van der Waals surface area contributed by atoms with Crippen LogP contribution in [0.15, 0.2) is 30.3 Å². The number of piperidine rings is 1. The van der Waals surface area contributed by atoms with Gasteiger partial charge in [-0.15, -0.1) is 10.1 Å². The fraction of sp³-hybridized carbons (Fsp3) is 0.633. The van der Waals surface area contributed by atoms with Gasteiger partial charge in [0.05, 0.1) is 24.8 Å². The minimum absolute atomic E-state index is 0.0123. The van der Waals surface area contributed by atoms with E-state index in [0.29, 0.717) is 18.3 Å². The Morgan fingerprint density at radius 3 is 2.50 bits per heavy atom. The molecule has 0 N–H and O–H groups in total. The minimum atomic E-state index is -0.728. The monoisotopic (exact) mass is 523 g/mol. The molecular weight excluding hydrogens is 482 g/mol. The van der Waals surface area contributed by atoms with Gasteiger partial charge in [0.2, 0.25) is 0 Å². The number of carbonyl (C=O) groups excluding carboxylic acids is 1. The average molecular weight is 524 g/mol. The quantitative estimate of drug-likeness (QED) is 0.122. The summed E-state index contributed by atoms with van der Waals surface area (Å²) in [6.45, 7) is 5.14. The van der Waals surface area contributed by atoms with Crippen molar-refractivity contribution >= 4 is 22.6 Å². The lowest BCUT2D eigenvalue weighted by Gasteiger charge is -2.53. The van der Waals surface area contributed by atoms with E-state index in [1.165, 1.54) is 23.1 Å². The Kier molecular flexibility index (Phi) is 8.36. The highest BCUT2D eigenvalue weighted by molar-refractivity contribution is 6.13. The van der Waals surface area contributed by atoms with Gasteiger partial charge in [-0.05, 0) is 62.8 Å². The van der Waals surface area contributed by atoms with Crippen molar-refractivity contribution < 1.29 is 19.5 Å². The fourth-order valence-corrected chi connectivity index (χ4v) is 7.07. The molecule has 0 radical (unpaired) electrons. The predicted molar refractivity (Wildman–Crippen MR) is 147 cm³/mol. The maximum absolute atomic E-state index is 13.6. The lowest BCUT2D eigenvalue weighted by Crippen LogP contribution is -2.51. The Hall–Kier alpha value is -2.87. The van der Waals surface area contributed by atoms with E-state index in [4.69, 9.17) is 4.74 Å². The van der Waals surface area contributed by atoms with Gasteiger partial charge < -0.3 is 14.1 Å². The number of fused-ring (bicyclic) bond motifs is 3. The largest absolute Gasteiger partial charge is 0.461 e. The van der Waals surface area contributed by atoms with Crippen molar-refractivity contribution in [1.29, 1.82) is 0 Å².